The van der Waals surface area contributed by atoms with Gasteiger partial charge in [0.15, 0.2) is 17.7 Å². The van der Waals surface area contributed by atoms with Gasteiger partial charge in [0.25, 0.3) is 6.47 Å². The van der Waals surface area contributed by atoms with E-state index >= 15 is 0 Å². The first-order valence-electron chi connectivity index (χ1n) is 24.4. The molecule has 4 N–H and O–H groups in total. The molecule has 0 radical (unpaired) electrons. The molecule has 71 heavy (non-hydrogen) atoms. The number of nitrogens with one attached hydrogen (secondary N) is 1. The maximum absolute atomic E-state index is 14.7. The Balaban J connectivity index is 1.41. The maximum Gasteiger partial charge on any atom is 0.410 e. The minimum absolute atomic E-state index is 0.0243. The lowest BCUT2D eigenvalue weighted by molar-refractivity contribution is -0.298. The number of likely N-dealkylation sites (N-methyl/N-ethyl adjacent to an activating group) is 1. The van der Waals surface area contributed by atoms with Crippen molar-refractivity contribution in [1.29, 1.82) is 0 Å². The quantitative estimate of drug-likeness (QED) is 0.116. The number of cyclic esters (lactones) is 1. The largest absolute Gasteiger partial charge is 0.458 e. The summed E-state index contributed by atoms with van der Waals surface area (Å²) in [6, 6.07) is 11.3. The molecular formula is C52H71N7O12. The summed E-state index contributed by atoms with van der Waals surface area (Å²) in [5, 5.41) is 14.7. The van der Waals surface area contributed by atoms with Crippen LogP contribution in [0.1, 0.15) is 91.5 Å². The molecule has 5 heterocycles. The van der Waals surface area contributed by atoms with Crippen LogP contribution in [0, 0.1) is 23.7 Å². The molecule has 2 aromatic heterocycles. The van der Waals surface area contributed by atoms with E-state index in [4.69, 9.17) is 34.2 Å². The first-order valence-corrected chi connectivity index (χ1v) is 24.4. The number of alkyl carbamates (subject to hydrolysis) is 1. The number of hydrogen-bond acceptors (Lipinski definition) is 17. The summed E-state index contributed by atoms with van der Waals surface area (Å²) < 4.78 is 38.0. The first kappa shape index (κ1) is 54.5. The van der Waals surface area contributed by atoms with Gasteiger partial charge in [-0.25, -0.2) is 19.6 Å². The molecule has 386 valence electrons. The second kappa shape index (κ2) is 23.6. The Morgan fingerprint density at radius 1 is 0.986 bits per heavy atom. The van der Waals surface area contributed by atoms with E-state index in [1.54, 1.807) is 71.4 Å². The average Bonchev–Trinajstić information content (AvgIpc) is 3.80. The summed E-state index contributed by atoms with van der Waals surface area (Å²) in [4.78, 5) is 86.5. The predicted octanol–water partition coefficient (Wildman–Crippen LogP) is 5.47. The van der Waals surface area contributed by atoms with E-state index in [9.17, 15) is 29.1 Å². The zero-order valence-corrected chi connectivity index (χ0v) is 42.4. The number of nitrogens with zero attached hydrogens (tertiary/aromatic N) is 5. The Hall–Kier alpha value is -5.86. The van der Waals surface area contributed by atoms with Crippen LogP contribution in [0.4, 0.5) is 9.59 Å². The molecule has 3 aromatic rings. The number of aliphatic hydroxyl groups is 1. The fourth-order valence-corrected chi connectivity index (χ4v) is 10.3. The van der Waals surface area contributed by atoms with Gasteiger partial charge in [-0.05, 0) is 84.3 Å². The van der Waals surface area contributed by atoms with Crippen LogP contribution in [0.5, 0.6) is 0 Å². The fraction of sp³-hybridized carbons (Fsp3) is 0.577. The van der Waals surface area contributed by atoms with E-state index in [0.717, 1.165) is 16.7 Å². The minimum Gasteiger partial charge on any atom is -0.458 e. The number of ketones is 1. The second-order valence-corrected chi connectivity index (χ2v) is 19.8. The third kappa shape index (κ3) is 12.6. The molecule has 6 rings (SSSR count). The normalized spacial score (nSPS) is 32.9. The lowest BCUT2D eigenvalue weighted by Gasteiger charge is -2.48. The van der Waals surface area contributed by atoms with Gasteiger partial charge in [0.2, 0.25) is 0 Å². The lowest BCUT2D eigenvalue weighted by atomic mass is 9.73. The second-order valence-electron chi connectivity index (χ2n) is 19.8. The van der Waals surface area contributed by atoms with Gasteiger partial charge in [0.05, 0.1) is 36.8 Å². The minimum atomic E-state index is -1.81. The van der Waals surface area contributed by atoms with Gasteiger partial charge in [0.1, 0.15) is 35.8 Å². The number of Topliss-reactive ketones (excluding diaryl/α,β-unsaturated/α-hetero) is 1. The highest BCUT2D eigenvalue weighted by atomic mass is 16.7. The molecule has 19 heteroatoms. The van der Waals surface area contributed by atoms with Crippen molar-refractivity contribution in [2.24, 2.45) is 29.4 Å². The van der Waals surface area contributed by atoms with Crippen molar-refractivity contribution >= 4 is 36.5 Å². The number of carbonyl (C=O) groups is 5. The molecule has 14 atom stereocenters. The van der Waals surface area contributed by atoms with Gasteiger partial charge < -0.3 is 49.5 Å². The van der Waals surface area contributed by atoms with Gasteiger partial charge in [-0.15, -0.1) is 0 Å². The van der Waals surface area contributed by atoms with Crippen LogP contribution < -0.4 is 11.1 Å². The fourth-order valence-electron chi connectivity index (χ4n) is 10.3. The van der Waals surface area contributed by atoms with Crippen molar-refractivity contribution in [3.8, 4) is 11.4 Å². The van der Waals surface area contributed by atoms with Crippen molar-refractivity contribution in [3.63, 3.8) is 0 Å². The molecule has 3 aliphatic heterocycles. The number of benzene rings is 1. The Kier molecular flexibility index (Phi) is 18.1. The van der Waals surface area contributed by atoms with Gasteiger partial charge >= 0.3 is 18.2 Å². The number of ether oxygens (including phenoxy) is 6. The molecule has 3 aliphatic rings. The van der Waals surface area contributed by atoms with Crippen LogP contribution in [0.25, 0.3) is 17.5 Å². The van der Waals surface area contributed by atoms with Crippen molar-refractivity contribution in [2.45, 2.75) is 148 Å². The number of carbonyl (C=O) groups excluding carboxylic acids is 5. The van der Waals surface area contributed by atoms with E-state index in [-0.39, 0.29) is 44.7 Å². The number of aliphatic hydroxyl groups excluding tert-OH is 1. The number of amides is 2. The van der Waals surface area contributed by atoms with Crippen molar-refractivity contribution in [1.82, 2.24) is 30.1 Å². The molecule has 0 spiro atoms. The van der Waals surface area contributed by atoms with Crippen LogP contribution in [0.15, 0.2) is 67.1 Å². The summed E-state index contributed by atoms with van der Waals surface area (Å²) in [6.07, 6.45) is 0.442. The number of hydrogen-bond donors (Lipinski definition) is 3. The number of pyridine rings is 1. The van der Waals surface area contributed by atoms with Crippen LogP contribution in [0.3, 0.4) is 0 Å². The van der Waals surface area contributed by atoms with E-state index in [1.807, 2.05) is 62.3 Å². The Bertz CT molecular complexity index is 2320. The van der Waals surface area contributed by atoms with Gasteiger partial charge in [-0.3, -0.25) is 24.3 Å². The third-order valence-electron chi connectivity index (χ3n) is 14.4. The van der Waals surface area contributed by atoms with Crippen LogP contribution >= 0.6 is 0 Å². The van der Waals surface area contributed by atoms with E-state index < -0.39 is 102 Å². The topological polar surface area (TPSA) is 244 Å². The molecule has 2 fully saturated rings. The maximum atomic E-state index is 14.7. The first-order chi connectivity index (χ1) is 33.7. The standard InChI is InChI=1S/C52H71N7O12/c1-11-40-52(8,66-29-60)44(53)32(4)41(61)30(2)26-51(7,71-49(64)57-22-12-15-35-17-19-36(20-18-35)46-55-23-14-24-56-46)45(70-48-42(62)39(58(9)10)25-31(3)67-48)33(5)43(34(6)47(63)68-40)69-50(65)59-27-37-16-13-21-54-38(37)28-59/h12-21,23-24,29-34,39-40,42-45,48,62H,11,22,25-28,53H2,1-10H3,(H,57,64)/b15-12+/t30-,31-,32+,33+,34-,39+,40-,42-,43+,44-,45-,48+,51-,52-/m1/s1. The van der Waals surface area contributed by atoms with Crippen molar-refractivity contribution < 1.29 is 57.5 Å². The van der Waals surface area contributed by atoms with Crippen LogP contribution in [-0.2, 0) is 55.9 Å². The smallest absolute Gasteiger partial charge is 0.410 e. The Morgan fingerprint density at radius 2 is 1.68 bits per heavy atom. The highest BCUT2D eigenvalue weighted by Gasteiger charge is 2.55. The number of nitrogens with two attached hydrogens (primary N) is 1. The summed E-state index contributed by atoms with van der Waals surface area (Å²) in [6.45, 7) is 13.7. The van der Waals surface area contributed by atoms with Crippen molar-refractivity contribution in [3.05, 3.63) is 84.0 Å². The lowest BCUT2D eigenvalue weighted by Crippen LogP contribution is -2.63. The summed E-state index contributed by atoms with van der Waals surface area (Å²) in [7, 11) is 3.66. The number of fused-ring (bicyclic) bond motifs is 1. The summed E-state index contributed by atoms with van der Waals surface area (Å²) in [5.74, 6) is -4.85. The van der Waals surface area contributed by atoms with E-state index in [0.29, 0.717) is 17.9 Å². The summed E-state index contributed by atoms with van der Waals surface area (Å²) in [5.41, 5.74) is 6.56. The summed E-state index contributed by atoms with van der Waals surface area (Å²) >= 11 is 0. The molecule has 0 bridgehead atoms. The third-order valence-corrected chi connectivity index (χ3v) is 14.4. The molecule has 0 unspecified atom stereocenters. The molecule has 19 nitrogen and oxygen atoms in total. The zero-order chi connectivity index (χ0) is 51.8. The predicted molar refractivity (Wildman–Crippen MR) is 260 cm³/mol. The van der Waals surface area contributed by atoms with Gasteiger partial charge in [-0.1, -0.05) is 70.2 Å². The zero-order valence-electron chi connectivity index (χ0n) is 42.4. The van der Waals surface area contributed by atoms with Gasteiger partial charge in [0, 0.05) is 54.5 Å². The number of esters is 1. The Morgan fingerprint density at radius 3 is 2.32 bits per heavy atom. The molecule has 1 aromatic carbocycles. The van der Waals surface area contributed by atoms with Crippen LogP contribution in [-0.4, -0.2) is 141 Å². The van der Waals surface area contributed by atoms with Crippen molar-refractivity contribution in [2.75, 3.05) is 20.6 Å². The van der Waals surface area contributed by atoms with Crippen LogP contribution in [0.2, 0.25) is 0 Å². The van der Waals surface area contributed by atoms with E-state index in [1.165, 1.54) is 18.7 Å². The van der Waals surface area contributed by atoms with E-state index in [2.05, 4.69) is 20.3 Å². The molecule has 0 saturated carbocycles. The SMILES string of the molecule is CC[C@H]1OC(=O)[C@H](C)[C@@H](OC(=O)N2Cc3cccnc3C2)[C@H](C)[C@@H](O[C@@H]2O[C@H](C)C[C@H](N(C)C)[C@H]2O)[C@](C)(OC(=O)NC/C=C/c2ccc(-c3ncccn3)cc2)C[C@@H](C)C(=O)[C@H](C)[C@@H](N)[C@]1(C)OC=O. The molecule has 0 aliphatic carbocycles. The highest BCUT2D eigenvalue weighted by molar-refractivity contribution is 5.84. The van der Waals surface area contributed by atoms with Gasteiger partial charge in [-0.2, -0.15) is 0 Å². The number of aromatic nitrogens is 3. The molecular weight excluding hydrogens is 915 g/mol. The number of rotatable bonds is 12. The molecule has 2 amide bonds. The molecule has 2 saturated heterocycles. The monoisotopic (exact) mass is 986 g/mol. The highest BCUT2D eigenvalue weighted by Crippen LogP contribution is 2.41. The Labute approximate surface area is 416 Å². The average molecular weight is 986 g/mol.